The van der Waals surface area contributed by atoms with Gasteiger partial charge in [0, 0.05) is 24.8 Å². The van der Waals surface area contributed by atoms with Crippen LogP contribution in [0.4, 0.5) is 5.69 Å². The molecule has 0 aliphatic carbocycles. The van der Waals surface area contributed by atoms with Gasteiger partial charge in [0.05, 0.1) is 12.5 Å². The lowest BCUT2D eigenvalue weighted by molar-refractivity contribution is -0.148. The largest absolute Gasteiger partial charge is 0.486 e. The molecule has 1 aromatic carbocycles. The molecule has 120 valence electrons. The van der Waals surface area contributed by atoms with Gasteiger partial charge in [0.1, 0.15) is 13.2 Å². The third kappa shape index (κ3) is 3.46. The summed E-state index contributed by atoms with van der Waals surface area (Å²) in [6.07, 6.45) is 1.48. The van der Waals surface area contributed by atoms with Crippen molar-refractivity contribution < 1.29 is 19.0 Å². The summed E-state index contributed by atoms with van der Waals surface area (Å²) in [7, 11) is 0. The van der Waals surface area contributed by atoms with E-state index in [0.29, 0.717) is 25.6 Å². The number of carbonyl (C=O) groups excluding carboxylic acids is 1. The number of esters is 1. The van der Waals surface area contributed by atoms with E-state index in [4.69, 9.17) is 14.2 Å². The molecule has 0 amide bonds. The molecule has 1 unspecified atom stereocenters. The molecule has 0 radical (unpaired) electrons. The van der Waals surface area contributed by atoms with Crippen LogP contribution in [-0.2, 0) is 9.53 Å². The van der Waals surface area contributed by atoms with Crippen LogP contribution in [0.1, 0.15) is 26.7 Å². The fraction of sp³-hybridized carbons (Fsp3) is 0.588. The molecule has 1 atom stereocenters. The van der Waals surface area contributed by atoms with Gasteiger partial charge in [-0.15, -0.1) is 0 Å². The van der Waals surface area contributed by atoms with Gasteiger partial charge in [-0.2, -0.15) is 0 Å². The average molecular weight is 305 g/mol. The molecule has 2 aliphatic heterocycles. The Labute approximate surface area is 131 Å². The third-order valence-electron chi connectivity index (χ3n) is 4.00. The number of hydrogen-bond donors (Lipinski definition) is 0. The normalized spacial score (nSPS) is 20.3. The van der Waals surface area contributed by atoms with Crippen molar-refractivity contribution in [1.29, 1.82) is 0 Å². The van der Waals surface area contributed by atoms with Crippen molar-refractivity contribution in [3.63, 3.8) is 0 Å². The molecule has 1 fully saturated rings. The molecule has 0 aromatic heterocycles. The van der Waals surface area contributed by atoms with Crippen molar-refractivity contribution in [2.75, 3.05) is 31.2 Å². The Balaban J connectivity index is 1.59. The van der Waals surface area contributed by atoms with Crippen LogP contribution in [0.15, 0.2) is 18.2 Å². The minimum Gasteiger partial charge on any atom is -0.486 e. The van der Waals surface area contributed by atoms with Gasteiger partial charge >= 0.3 is 5.97 Å². The number of fused-ring (bicyclic) bond motifs is 1. The molecule has 0 bridgehead atoms. The van der Waals surface area contributed by atoms with Gasteiger partial charge in [-0.1, -0.05) is 0 Å². The molecule has 2 heterocycles. The van der Waals surface area contributed by atoms with Gasteiger partial charge < -0.3 is 19.1 Å². The maximum absolute atomic E-state index is 11.8. The maximum atomic E-state index is 11.8. The zero-order valence-corrected chi connectivity index (χ0v) is 13.2. The lowest BCUT2D eigenvalue weighted by Crippen LogP contribution is -2.22. The van der Waals surface area contributed by atoms with Gasteiger partial charge in [0.2, 0.25) is 0 Å². The van der Waals surface area contributed by atoms with Gasteiger partial charge in [0.15, 0.2) is 11.5 Å². The smallest absolute Gasteiger partial charge is 0.306 e. The van der Waals surface area contributed by atoms with Gasteiger partial charge in [0.25, 0.3) is 0 Å². The fourth-order valence-electron chi connectivity index (χ4n) is 3.01. The van der Waals surface area contributed by atoms with Crippen molar-refractivity contribution in [2.24, 2.45) is 5.92 Å². The highest BCUT2D eigenvalue weighted by atomic mass is 16.6. The molecule has 1 saturated heterocycles. The highest BCUT2D eigenvalue weighted by molar-refractivity contribution is 5.70. The monoisotopic (exact) mass is 305 g/mol. The van der Waals surface area contributed by atoms with E-state index >= 15 is 0 Å². The average Bonchev–Trinajstić information content (AvgIpc) is 2.94. The quantitative estimate of drug-likeness (QED) is 0.800. The topological polar surface area (TPSA) is 48.0 Å². The van der Waals surface area contributed by atoms with Crippen molar-refractivity contribution in [1.82, 2.24) is 0 Å². The first-order valence-electron chi connectivity index (χ1n) is 7.96. The van der Waals surface area contributed by atoms with Crippen molar-refractivity contribution in [3.8, 4) is 11.5 Å². The number of nitrogens with zero attached hydrogens (tertiary/aromatic N) is 1. The number of rotatable bonds is 4. The second-order valence-electron chi connectivity index (χ2n) is 6.17. The summed E-state index contributed by atoms with van der Waals surface area (Å²) in [6.45, 7) is 6.81. The zero-order valence-electron chi connectivity index (χ0n) is 13.2. The number of anilines is 1. The van der Waals surface area contributed by atoms with Crippen LogP contribution >= 0.6 is 0 Å². The number of carbonyl (C=O) groups is 1. The first kappa shape index (κ1) is 15.0. The third-order valence-corrected chi connectivity index (χ3v) is 4.00. The van der Waals surface area contributed by atoms with E-state index in [2.05, 4.69) is 11.0 Å². The highest BCUT2D eigenvalue weighted by Gasteiger charge is 2.26. The lowest BCUT2D eigenvalue weighted by Gasteiger charge is -2.23. The summed E-state index contributed by atoms with van der Waals surface area (Å²) in [5.74, 6) is 1.89. The Bertz CT molecular complexity index is 543. The molecule has 0 N–H and O–H groups in total. The number of hydrogen-bond acceptors (Lipinski definition) is 5. The maximum Gasteiger partial charge on any atom is 0.306 e. The molecular weight excluding hydrogens is 282 g/mol. The Morgan fingerprint density at radius 2 is 2.09 bits per heavy atom. The minimum absolute atomic E-state index is 0.0391. The van der Waals surface area contributed by atoms with E-state index in [9.17, 15) is 4.79 Å². The second kappa shape index (κ2) is 6.46. The molecule has 0 spiro atoms. The van der Waals surface area contributed by atoms with Gasteiger partial charge in [-0.05, 0) is 38.3 Å². The summed E-state index contributed by atoms with van der Waals surface area (Å²) in [5, 5.41) is 0. The highest BCUT2D eigenvalue weighted by Crippen LogP contribution is 2.35. The fourth-order valence-corrected chi connectivity index (χ4v) is 3.01. The lowest BCUT2D eigenvalue weighted by atomic mass is 10.1. The Morgan fingerprint density at radius 1 is 1.32 bits per heavy atom. The predicted octanol–water partition coefficient (Wildman–Crippen LogP) is 2.63. The van der Waals surface area contributed by atoms with E-state index in [1.165, 1.54) is 0 Å². The van der Waals surface area contributed by atoms with E-state index in [-0.39, 0.29) is 12.1 Å². The van der Waals surface area contributed by atoms with Gasteiger partial charge in [-0.25, -0.2) is 0 Å². The van der Waals surface area contributed by atoms with E-state index in [1.807, 2.05) is 26.0 Å². The Kier molecular flexibility index (Phi) is 4.41. The molecule has 5 nitrogen and oxygen atoms in total. The molecule has 1 aromatic rings. The second-order valence-corrected chi connectivity index (χ2v) is 6.17. The minimum atomic E-state index is -0.0935. The van der Waals surface area contributed by atoms with E-state index < -0.39 is 0 Å². The van der Waals surface area contributed by atoms with Crippen LogP contribution in [0, 0.1) is 5.92 Å². The molecule has 0 saturated carbocycles. The van der Waals surface area contributed by atoms with Crippen LogP contribution in [-0.4, -0.2) is 38.4 Å². The summed E-state index contributed by atoms with van der Waals surface area (Å²) in [4.78, 5) is 14.1. The van der Waals surface area contributed by atoms with Crippen LogP contribution in [0.2, 0.25) is 0 Å². The summed E-state index contributed by atoms with van der Waals surface area (Å²) in [5.41, 5.74) is 1.13. The first-order valence-corrected chi connectivity index (χ1v) is 7.96. The summed E-state index contributed by atoms with van der Waals surface area (Å²) in [6, 6.07) is 6.05. The van der Waals surface area contributed by atoms with E-state index in [1.54, 1.807) is 0 Å². The Hall–Kier alpha value is -1.91. The predicted molar refractivity (Wildman–Crippen MR) is 83.6 cm³/mol. The van der Waals surface area contributed by atoms with E-state index in [0.717, 1.165) is 36.7 Å². The SMILES string of the molecule is CC(C)OC(=O)CC1CCN(c2ccc3c(c2)OCCO3)C1. The molecule has 2 aliphatic rings. The number of ether oxygens (including phenoxy) is 3. The molecule has 5 heteroatoms. The summed E-state index contributed by atoms with van der Waals surface area (Å²) < 4.78 is 16.4. The number of benzene rings is 1. The molecule has 3 rings (SSSR count). The first-order chi connectivity index (χ1) is 10.6. The van der Waals surface area contributed by atoms with Crippen LogP contribution in [0.5, 0.6) is 11.5 Å². The van der Waals surface area contributed by atoms with Crippen LogP contribution in [0.3, 0.4) is 0 Å². The van der Waals surface area contributed by atoms with Crippen LogP contribution < -0.4 is 14.4 Å². The molecular formula is C17H23NO4. The van der Waals surface area contributed by atoms with Gasteiger partial charge in [-0.3, -0.25) is 4.79 Å². The van der Waals surface area contributed by atoms with Crippen LogP contribution in [0.25, 0.3) is 0 Å². The summed E-state index contributed by atoms with van der Waals surface area (Å²) >= 11 is 0. The molecule has 22 heavy (non-hydrogen) atoms. The zero-order chi connectivity index (χ0) is 15.5. The van der Waals surface area contributed by atoms with Crippen molar-refractivity contribution in [3.05, 3.63) is 18.2 Å². The van der Waals surface area contributed by atoms with Crippen molar-refractivity contribution in [2.45, 2.75) is 32.8 Å². The van der Waals surface area contributed by atoms with Crippen molar-refractivity contribution >= 4 is 11.7 Å². The standard InChI is InChI=1S/C17H23NO4/c1-12(2)22-17(19)9-13-5-6-18(11-13)14-3-4-15-16(10-14)21-8-7-20-15/h3-4,10,12-13H,5-9,11H2,1-2H3. The Morgan fingerprint density at radius 3 is 2.86 bits per heavy atom.